The van der Waals surface area contributed by atoms with Crippen LogP contribution in [0.15, 0.2) is 18.2 Å². The molecule has 1 unspecified atom stereocenters. The molecular weight excluding hydrogens is 388 g/mol. The SMILES string of the molecule is Cc1c(C=O)ccc2c1cc(C#N)n2CC(C)N1CCN(S(=O)(=O)C2CC2)CC1. The van der Waals surface area contributed by atoms with Crippen molar-refractivity contribution >= 4 is 27.2 Å². The van der Waals surface area contributed by atoms with Gasteiger partial charge in [-0.3, -0.25) is 9.69 Å². The van der Waals surface area contributed by atoms with E-state index in [0.29, 0.717) is 44.0 Å². The summed E-state index contributed by atoms with van der Waals surface area (Å²) in [5.74, 6) is 0. The number of nitriles is 1. The van der Waals surface area contributed by atoms with Gasteiger partial charge in [-0.1, -0.05) is 0 Å². The predicted molar refractivity (Wildman–Crippen MR) is 111 cm³/mol. The Balaban J connectivity index is 1.51. The second kappa shape index (κ2) is 7.56. The van der Waals surface area contributed by atoms with E-state index in [-0.39, 0.29) is 11.3 Å². The summed E-state index contributed by atoms with van der Waals surface area (Å²) in [6, 6.07) is 7.99. The number of nitrogens with zero attached hydrogens (tertiary/aromatic N) is 4. The van der Waals surface area contributed by atoms with E-state index >= 15 is 0 Å². The monoisotopic (exact) mass is 414 g/mol. The number of fused-ring (bicyclic) bond motifs is 1. The lowest BCUT2D eigenvalue weighted by molar-refractivity contribution is 0.112. The number of sulfonamides is 1. The zero-order valence-electron chi connectivity index (χ0n) is 16.8. The molecule has 2 heterocycles. The van der Waals surface area contributed by atoms with Gasteiger partial charge >= 0.3 is 0 Å². The first kappa shape index (κ1) is 20.1. The smallest absolute Gasteiger partial charge is 0.217 e. The molecule has 29 heavy (non-hydrogen) atoms. The molecule has 7 nitrogen and oxygen atoms in total. The zero-order valence-corrected chi connectivity index (χ0v) is 17.7. The van der Waals surface area contributed by atoms with Crippen LogP contribution in [0.1, 0.15) is 41.4 Å². The van der Waals surface area contributed by atoms with Gasteiger partial charge in [-0.25, -0.2) is 8.42 Å². The third kappa shape index (κ3) is 3.59. The Morgan fingerprint density at radius 2 is 1.93 bits per heavy atom. The second-order valence-corrected chi connectivity index (χ2v) is 10.3. The van der Waals surface area contributed by atoms with Crippen molar-refractivity contribution in [3.63, 3.8) is 0 Å². The van der Waals surface area contributed by atoms with E-state index in [4.69, 9.17) is 0 Å². The number of carbonyl (C=O) groups excluding carboxylic acids is 1. The van der Waals surface area contributed by atoms with Crippen LogP contribution in [0.25, 0.3) is 10.9 Å². The van der Waals surface area contributed by atoms with Crippen LogP contribution in [0.2, 0.25) is 0 Å². The molecule has 1 atom stereocenters. The fourth-order valence-electron chi connectivity index (χ4n) is 4.27. The zero-order chi connectivity index (χ0) is 20.8. The van der Waals surface area contributed by atoms with Gasteiger partial charge in [0.25, 0.3) is 0 Å². The fraction of sp³-hybridized carbons (Fsp3) is 0.524. The summed E-state index contributed by atoms with van der Waals surface area (Å²) in [6.07, 6.45) is 2.43. The largest absolute Gasteiger partial charge is 0.331 e. The quantitative estimate of drug-likeness (QED) is 0.676. The Hall–Kier alpha value is -2.21. The van der Waals surface area contributed by atoms with Gasteiger partial charge in [-0.05, 0) is 50.5 Å². The summed E-state index contributed by atoms with van der Waals surface area (Å²) in [7, 11) is -3.11. The molecule has 1 aliphatic heterocycles. The standard InChI is InChI=1S/C21H26N4O3S/c1-15(23-7-9-24(10-8-23)29(27,28)19-4-5-19)13-25-18(12-22)11-20-16(2)17(14-26)3-6-21(20)25/h3,6,11,14-15,19H,4-5,7-10,13H2,1-2H3. The van der Waals surface area contributed by atoms with Gasteiger partial charge < -0.3 is 4.57 Å². The van der Waals surface area contributed by atoms with Crippen LogP contribution in [0.4, 0.5) is 0 Å². The van der Waals surface area contributed by atoms with Crippen LogP contribution in [-0.4, -0.2) is 65.9 Å². The van der Waals surface area contributed by atoms with Crippen LogP contribution in [0.3, 0.4) is 0 Å². The van der Waals surface area contributed by atoms with E-state index in [1.54, 1.807) is 10.4 Å². The average Bonchev–Trinajstić information content (AvgIpc) is 3.52. The summed E-state index contributed by atoms with van der Waals surface area (Å²) in [5.41, 5.74) is 3.05. The highest BCUT2D eigenvalue weighted by atomic mass is 32.2. The van der Waals surface area contributed by atoms with Crippen molar-refractivity contribution in [2.24, 2.45) is 0 Å². The number of hydrogen-bond acceptors (Lipinski definition) is 5. The van der Waals surface area contributed by atoms with Crippen LogP contribution < -0.4 is 0 Å². The maximum Gasteiger partial charge on any atom is 0.217 e. The minimum atomic E-state index is -3.11. The number of aryl methyl sites for hydroxylation is 1. The molecule has 4 rings (SSSR count). The third-order valence-electron chi connectivity index (χ3n) is 6.29. The number of aldehydes is 1. The summed E-state index contributed by atoms with van der Waals surface area (Å²) in [4.78, 5) is 13.5. The Labute approximate surface area is 171 Å². The van der Waals surface area contributed by atoms with E-state index in [9.17, 15) is 18.5 Å². The van der Waals surface area contributed by atoms with Gasteiger partial charge in [-0.15, -0.1) is 0 Å². The third-order valence-corrected chi connectivity index (χ3v) is 8.69. The van der Waals surface area contributed by atoms with Crippen LogP contribution in [-0.2, 0) is 16.6 Å². The van der Waals surface area contributed by atoms with Crippen molar-refractivity contribution in [1.82, 2.24) is 13.8 Å². The Kier molecular flexibility index (Phi) is 5.23. The van der Waals surface area contributed by atoms with Gasteiger partial charge in [0.15, 0.2) is 0 Å². The highest BCUT2D eigenvalue weighted by molar-refractivity contribution is 7.90. The van der Waals surface area contributed by atoms with Crippen molar-refractivity contribution < 1.29 is 13.2 Å². The Bertz CT molecular complexity index is 1090. The van der Waals surface area contributed by atoms with Gasteiger partial charge in [0.05, 0.1) is 5.25 Å². The lowest BCUT2D eigenvalue weighted by Crippen LogP contribution is -2.52. The number of piperazine rings is 1. The van der Waals surface area contributed by atoms with Crippen molar-refractivity contribution in [2.75, 3.05) is 26.2 Å². The molecule has 1 aliphatic carbocycles. The van der Waals surface area contributed by atoms with Crippen molar-refractivity contribution in [3.05, 3.63) is 35.0 Å². The summed E-state index contributed by atoms with van der Waals surface area (Å²) >= 11 is 0. The molecule has 2 aromatic rings. The molecule has 0 amide bonds. The van der Waals surface area contributed by atoms with E-state index < -0.39 is 10.0 Å². The van der Waals surface area contributed by atoms with Gasteiger partial charge in [0.2, 0.25) is 10.0 Å². The van der Waals surface area contributed by atoms with Crippen molar-refractivity contribution in [2.45, 2.75) is 44.5 Å². The maximum atomic E-state index is 12.4. The Morgan fingerprint density at radius 1 is 1.24 bits per heavy atom. The van der Waals surface area contributed by atoms with Gasteiger partial charge in [0, 0.05) is 55.2 Å². The molecule has 2 fully saturated rings. The maximum absolute atomic E-state index is 12.4. The van der Waals surface area contributed by atoms with Gasteiger partial charge in [0.1, 0.15) is 18.0 Å². The molecule has 0 N–H and O–H groups in total. The number of hydrogen-bond donors (Lipinski definition) is 0. The molecule has 2 aliphatic rings. The highest BCUT2D eigenvalue weighted by Crippen LogP contribution is 2.31. The summed E-state index contributed by atoms with van der Waals surface area (Å²) in [6.45, 7) is 7.11. The molecule has 0 radical (unpaired) electrons. The van der Waals surface area contributed by atoms with Crippen LogP contribution in [0, 0.1) is 18.3 Å². The number of aromatic nitrogens is 1. The van der Waals surface area contributed by atoms with E-state index in [2.05, 4.69) is 17.9 Å². The topological polar surface area (TPSA) is 86.4 Å². The number of rotatable bonds is 6. The molecule has 1 aromatic heterocycles. The predicted octanol–water partition coefficient (Wildman–Crippen LogP) is 2.13. The van der Waals surface area contributed by atoms with E-state index in [0.717, 1.165) is 35.6 Å². The van der Waals surface area contributed by atoms with Crippen molar-refractivity contribution in [1.29, 1.82) is 5.26 Å². The average molecular weight is 415 g/mol. The molecule has 154 valence electrons. The van der Waals surface area contributed by atoms with Crippen LogP contribution >= 0.6 is 0 Å². The molecule has 8 heteroatoms. The normalized spacial score (nSPS) is 19.9. The molecule has 0 bridgehead atoms. The molecule has 1 saturated heterocycles. The molecule has 1 saturated carbocycles. The number of carbonyl (C=O) groups is 1. The lowest BCUT2D eigenvalue weighted by Gasteiger charge is -2.37. The summed E-state index contributed by atoms with van der Waals surface area (Å²) < 4.78 is 28.5. The number of benzene rings is 1. The molecule has 1 aromatic carbocycles. The minimum Gasteiger partial charge on any atom is -0.331 e. The van der Waals surface area contributed by atoms with Crippen molar-refractivity contribution in [3.8, 4) is 6.07 Å². The first-order chi connectivity index (χ1) is 13.9. The van der Waals surface area contributed by atoms with Crippen LogP contribution in [0.5, 0.6) is 0 Å². The first-order valence-electron chi connectivity index (χ1n) is 10.1. The first-order valence-corrected chi connectivity index (χ1v) is 11.6. The minimum absolute atomic E-state index is 0.157. The van der Waals surface area contributed by atoms with Gasteiger partial charge in [-0.2, -0.15) is 9.57 Å². The molecule has 0 spiro atoms. The van der Waals surface area contributed by atoms with E-state index in [1.807, 2.05) is 23.6 Å². The fourth-order valence-corrected chi connectivity index (χ4v) is 6.09. The Morgan fingerprint density at radius 3 is 2.52 bits per heavy atom. The lowest BCUT2D eigenvalue weighted by atomic mass is 10.1. The van der Waals surface area contributed by atoms with E-state index in [1.165, 1.54) is 0 Å². The molecular formula is C21H26N4O3S. The summed E-state index contributed by atoms with van der Waals surface area (Å²) in [5, 5.41) is 10.4. The second-order valence-electron chi connectivity index (χ2n) is 8.11. The highest BCUT2D eigenvalue weighted by Gasteiger charge is 2.41.